The van der Waals surface area contributed by atoms with E-state index in [9.17, 15) is 0 Å². The van der Waals surface area contributed by atoms with Crippen molar-refractivity contribution in [1.82, 2.24) is 14.3 Å². The van der Waals surface area contributed by atoms with Crippen LogP contribution in [-0.2, 0) is 13.2 Å². The lowest BCUT2D eigenvalue weighted by molar-refractivity contribution is -0.924. The van der Waals surface area contributed by atoms with E-state index in [4.69, 9.17) is 21.7 Å². The molecule has 164 valence electrons. The molecule has 4 aromatic rings. The summed E-state index contributed by atoms with van der Waals surface area (Å²) in [6.45, 7) is 5.43. The van der Waals surface area contributed by atoms with Crippen LogP contribution in [-0.4, -0.2) is 40.5 Å². The number of halogens is 1. The quantitative estimate of drug-likeness (QED) is 0.403. The van der Waals surface area contributed by atoms with Crippen molar-refractivity contribution in [2.45, 2.75) is 13.2 Å². The third-order valence-electron chi connectivity index (χ3n) is 5.78. The van der Waals surface area contributed by atoms with E-state index >= 15 is 0 Å². The summed E-state index contributed by atoms with van der Waals surface area (Å²) in [5.41, 5.74) is 1.18. The summed E-state index contributed by atoms with van der Waals surface area (Å²) in [7, 11) is 0. The minimum Gasteiger partial charge on any atom is -0.446 e. The van der Waals surface area contributed by atoms with Gasteiger partial charge in [0.05, 0.1) is 12.7 Å². The molecule has 2 N–H and O–H groups in total. The number of H-pyrrole nitrogens is 1. The van der Waals surface area contributed by atoms with Crippen LogP contribution < -0.4 is 14.8 Å². The van der Waals surface area contributed by atoms with Crippen molar-refractivity contribution in [2.24, 2.45) is 0 Å². The second kappa shape index (κ2) is 9.40. The van der Waals surface area contributed by atoms with Gasteiger partial charge in [0.15, 0.2) is 22.9 Å². The molecule has 32 heavy (non-hydrogen) atoms. The number of aromatic amines is 1. The number of hydrogen-bond donors (Lipinski definition) is 1. The zero-order chi connectivity index (χ0) is 21.9. The van der Waals surface area contributed by atoms with E-state index < -0.39 is 0 Å². The molecule has 0 amide bonds. The number of anilines is 1. The zero-order valence-electron chi connectivity index (χ0n) is 17.6. The second-order valence-corrected chi connectivity index (χ2v) is 9.07. The first-order valence-electron chi connectivity index (χ1n) is 10.7. The topological polar surface area (TPSA) is 57.7 Å². The fraction of sp³-hybridized carbons (Fsp3) is 0.261. The van der Waals surface area contributed by atoms with Crippen LogP contribution in [0.3, 0.4) is 0 Å². The standard InChI is InChI=1S/C23H23BrN6OS/c24-20-10-9-19(31-20)22-26-30(23(32)29(22)16-18-6-2-1-3-7-18)17-27-12-14-28(15-13-27)21-8-4-5-11-25-21/h1-11H,12-17H2/p+2. The van der Waals surface area contributed by atoms with Gasteiger partial charge in [0.1, 0.15) is 26.2 Å². The SMILES string of the molecule is S=c1n(C[NH+]2CCN(c3cccc[nH+]3)CC2)nc(-c2ccc(Br)o2)n1Cc1ccccc1. The average Bonchev–Trinajstić information content (AvgIpc) is 3.39. The molecule has 0 atom stereocenters. The number of hydrogen-bond acceptors (Lipinski definition) is 4. The number of nitrogens with one attached hydrogen (secondary N) is 2. The van der Waals surface area contributed by atoms with Crippen molar-refractivity contribution >= 4 is 34.0 Å². The van der Waals surface area contributed by atoms with Crippen LogP contribution in [0.5, 0.6) is 0 Å². The molecular formula is C23H25BrN6OS+2. The van der Waals surface area contributed by atoms with Crippen molar-refractivity contribution in [3.63, 3.8) is 0 Å². The highest BCUT2D eigenvalue weighted by molar-refractivity contribution is 9.10. The molecule has 0 aliphatic carbocycles. The van der Waals surface area contributed by atoms with E-state index in [1.807, 2.05) is 47.3 Å². The highest BCUT2D eigenvalue weighted by Crippen LogP contribution is 2.25. The molecule has 7 nitrogen and oxygen atoms in total. The predicted molar refractivity (Wildman–Crippen MR) is 128 cm³/mol. The van der Waals surface area contributed by atoms with Crippen molar-refractivity contribution < 1.29 is 14.3 Å². The Kier molecular flexibility index (Phi) is 6.20. The number of aromatic nitrogens is 4. The van der Waals surface area contributed by atoms with Crippen LogP contribution in [0.15, 0.2) is 75.9 Å². The summed E-state index contributed by atoms with van der Waals surface area (Å²) in [5.74, 6) is 2.62. The van der Waals surface area contributed by atoms with Gasteiger partial charge in [-0.25, -0.2) is 4.98 Å². The van der Waals surface area contributed by atoms with E-state index in [0.29, 0.717) is 21.7 Å². The Bertz CT molecular complexity index is 1230. The molecule has 5 rings (SSSR count). The van der Waals surface area contributed by atoms with Gasteiger partial charge in [-0.1, -0.05) is 36.4 Å². The summed E-state index contributed by atoms with van der Waals surface area (Å²) >= 11 is 9.27. The molecule has 1 aliphatic heterocycles. The Morgan fingerprint density at radius 2 is 1.81 bits per heavy atom. The molecule has 0 radical (unpaired) electrons. The van der Waals surface area contributed by atoms with Gasteiger partial charge in [0, 0.05) is 6.07 Å². The molecule has 3 aromatic heterocycles. The summed E-state index contributed by atoms with van der Waals surface area (Å²) in [5, 5.41) is 4.88. The third-order valence-corrected chi connectivity index (χ3v) is 6.63. The molecule has 1 aromatic carbocycles. The summed E-state index contributed by atoms with van der Waals surface area (Å²) in [6.07, 6.45) is 1.97. The highest BCUT2D eigenvalue weighted by atomic mass is 79.9. The van der Waals surface area contributed by atoms with Gasteiger partial charge in [-0.2, -0.15) is 4.68 Å². The largest absolute Gasteiger partial charge is 0.446 e. The third kappa shape index (κ3) is 4.55. The van der Waals surface area contributed by atoms with Crippen LogP contribution in [0, 0.1) is 4.77 Å². The summed E-state index contributed by atoms with van der Waals surface area (Å²) in [4.78, 5) is 7.18. The molecule has 0 saturated carbocycles. The first kappa shape index (κ1) is 21.1. The molecule has 0 bridgehead atoms. The van der Waals surface area contributed by atoms with Gasteiger partial charge in [-0.3, -0.25) is 9.47 Å². The van der Waals surface area contributed by atoms with Gasteiger partial charge in [-0.05, 0) is 51.9 Å². The van der Waals surface area contributed by atoms with Gasteiger partial charge in [-0.15, -0.1) is 5.10 Å². The monoisotopic (exact) mass is 512 g/mol. The lowest BCUT2D eigenvalue weighted by atomic mass is 10.2. The van der Waals surface area contributed by atoms with E-state index in [2.05, 4.69) is 54.6 Å². The number of piperazine rings is 1. The van der Waals surface area contributed by atoms with Crippen molar-refractivity contribution in [3.05, 3.63) is 81.9 Å². The lowest BCUT2D eigenvalue weighted by Gasteiger charge is -2.27. The Balaban J connectivity index is 1.37. The van der Waals surface area contributed by atoms with E-state index in [0.717, 1.165) is 38.7 Å². The zero-order valence-corrected chi connectivity index (χ0v) is 20.0. The van der Waals surface area contributed by atoms with E-state index in [-0.39, 0.29) is 0 Å². The van der Waals surface area contributed by atoms with Gasteiger partial charge in [0.2, 0.25) is 4.77 Å². The van der Waals surface area contributed by atoms with Crippen molar-refractivity contribution in [2.75, 3.05) is 31.1 Å². The maximum Gasteiger partial charge on any atom is 0.274 e. The minimum absolute atomic E-state index is 0.653. The predicted octanol–water partition coefficient (Wildman–Crippen LogP) is 2.66. The molecule has 9 heteroatoms. The lowest BCUT2D eigenvalue weighted by Crippen LogP contribution is -3.14. The molecule has 4 heterocycles. The molecule has 0 spiro atoms. The first-order valence-corrected chi connectivity index (χ1v) is 11.9. The van der Waals surface area contributed by atoms with Crippen LogP contribution in [0.1, 0.15) is 5.56 Å². The maximum atomic E-state index is 5.87. The number of pyridine rings is 1. The van der Waals surface area contributed by atoms with E-state index in [1.54, 1.807) is 0 Å². The number of rotatable bonds is 6. The van der Waals surface area contributed by atoms with Crippen LogP contribution >= 0.6 is 28.1 Å². The first-order chi connectivity index (χ1) is 15.7. The van der Waals surface area contributed by atoms with Crippen LogP contribution in [0.4, 0.5) is 5.82 Å². The van der Waals surface area contributed by atoms with Crippen molar-refractivity contribution in [3.8, 4) is 11.6 Å². The fourth-order valence-corrected chi connectivity index (χ4v) is 4.65. The number of quaternary nitrogens is 1. The van der Waals surface area contributed by atoms with Crippen LogP contribution in [0.25, 0.3) is 11.6 Å². The molecule has 1 fully saturated rings. The normalized spacial score (nSPS) is 14.7. The second-order valence-electron chi connectivity index (χ2n) is 7.92. The smallest absolute Gasteiger partial charge is 0.274 e. The number of furan rings is 1. The fourth-order valence-electron chi connectivity index (χ4n) is 4.08. The van der Waals surface area contributed by atoms with Gasteiger partial charge in [0.25, 0.3) is 5.82 Å². The van der Waals surface area contributed by atoms with Crippen LogP contribution in [0.2, 0.25) is 0 Å². The van der Waals surface area contributed by atoms with E-state index in [1.165, 1.54) is 16.3 Å². The maximum absolute atomic E-state index is 5.87. The summed E-state index contributed by atoms with van der Waals surface area (Å²) < 4.78 is 11.2. The van der Waals surface area contributed by atoms with Gasteiger partial charge >= 0.3 is 0 Å². The molecule has 1 aliphatic rings. The summed E-state index contributed by atoms with van der Waals surface area (Å²) in [6, 6.07) is 20.3. The van der Waals surface area contributed by atoms with Gasteiger partial charge < -0.3 is 9.32 Å². The molecule has 0 unspecified atom stereocenters. The molecule has 1 saturated heterocycles. The number of benzene rings is 1. The van der Waals surface area contributed by atoms with Crippen molar-refractivity contribution in [1.29, 1.82) is 0 Å². The Hall–Kier alpha value is -2.75. The number of nitrogens with zero attached hydrogens (tertiary/aromatic N) is 4. The Morgan fingerprint density at radius 3 is 2.50 bits per heavy atom. The molecular weight excluding hydrogens is 488 g/mol. The Morgan fingerprint density at radius 1 is 1.03 bits per heavy atom. The average molecular weight is 513 g/mol. The highest BCUT2D eigenvalue weighted by Gasteiger charge is 2.27. The minimum atomic E-state index is 0.653. The Labute approximate surface area is 200 Å².